The van der Waals surface area contributed by atoms with Gasteiger partial charge in [-0.25, -0.2) is 4.79 Å². The summed E-state index contributed by atoms with van der Waals surface area (Å²) in [6, 6.07) is 0. The van der Waals surface area contributed by atoms with Crippen molar-refractivity contribution in [3.05, 3.63) is 0 Å². The van der Waals surface area contributed by atoms with Crippen LogP contribution in [0, 0.1) is 11.8 Å². The Kier molecular flexibility index (Phi) is 3.61. The monoisotopic (exact) mass is 254 g/mol. The zero-order chi connectivity index (χ0) is 13.3. The van der Waals surface area contributed by atoms with E-state index in [-0.39, 0.29) is 11.8 Å². The lowest BCUT2D eigenvalue weighted by Crippen LogP contribution is -2.60. The van der Waals surface area contributed by atoms with Crippen molar-refractivity contribution in [1.29, 1.82) is 0 Å². The summed E-state index contributed by atoms with van der Waals surface area (Å²) in [4.78, 5) is 25.5. The standard InChI is InChI=1S/C13H22N2O3/c1-9(10-7-14-8-10)11(16)15-6-4-3-5-13(15,2)12(17)18/h9-10,14H,3-8H2,1-2H3,(H,17,18). The number of rotatable bonds is 3. The molecular weight excluding hydrogens is 232 g/mol. The number of carbonyl (C=O) groups excluding carboxylic acids is 1. The second-order valence-corrected chi connectivity index (χ2v) is 5.73. The summed E-state index contributed by atoms with van der Waals surface area (Å²) in [5.74, 6) is -0.596. The van der Waals surface area contributed by atoms with Gasteiger partial charge in [-0.15, -0.1) is 0 Å². The summed E-state index contributed by atoms with van der Waals surface area (Å²) in [6.07, 6.45) is 2.35. The Morgan fingerprint density at radius 2 is 2.06 bits per heavy atom. The number of likely N-dealkylation sites (tertiary alicyclic amines) is 1. The normalized spacial score (nSPS) is 30.7. The van der Waals surface area contributed by atoms with Crippen LogP contribution in [0.1, 0.15) is 33.1 Å². The second-order valence-electron chi connectivity index (χ2n) is 5.73. The number of piperidine rings is 1. The van der Waals surface area contributed by atoms with Gasteiger partial charge in [0.25, 0.3) is 0 Å². The Balaban J connectivity index is 2.13. The molecule has 5 nitrogen and oxygen atoms in total. The van der Waals surface area contributed by atoms with Crippen molar-refractivity contribution in [1.82, 2.24) is 10.2 Å². The van der Waals surface area contributed by atoms with Gasteiger partial charge in [-0.05, 0) is 45.2 Å². The minimum absolute atomic E-state index is 0.00565. The Bertz CT molecular complexity index is 354. The van der Waals surface area contributed by atoms with E-state index in [1.54, 1.807) is 11.8 Å². The van der Waals surface area contributed by atoms with Crippen LogP contribution in [-0.2, 0) is 9.59 Å². The van der Waals surface area contributed by atoms with Gasteiger partial charge in [-0.3, -0.25) is 4.79 Å². The second kappa shape index (κ2) is 4.88. The molecule has 0 aliphatic carbocycles. The molecule has 0 spiro atoms. The first kappa shape index (κ1) is 13.3. The molecule has 0 bridgehead atoms. The molecule has 0 aromatic rings. The quantitative estimate of drug-likeness (QED) is 0.778. The van der Waals surface area contributed by atoms with E-state index in [9.17, 15) is 14.7 Å². The van der Waals surface area contributed by atoms with Gasteiger partial charge >= 0.3 is 5.97 Å². The zero-order valence-electron chi connectivity index (χ0n) is 11.1. The van der Waals surface area contributed by atoms with Crippen molar-refractivity contribution in [2.75, 3.05) is 19.6 Å². The van der Waals surface area contributed by atoms with Gasteiger partial charge in [0, 0.05) is 12.5 Å². The molecule has 2 rings (SSSR count). The SMILES string of the molecule is CC(C(=O)N1CCCCC1(C)C(=O)O)C1CNC1. The van der Waals surface area contributed by atoms with Gasteiger partial charge in [-0.2, -0.15) is 0 Å². The third-order valence-corrected chi connectivity index (χ3v) is 4.53. The zero-order valence-corrected chi connectivity index (χ0v) is 11.1. The van der Waals surface area contributed by atoms with Crippen LogP contribution in [-0.4, -0.2) is 47.1 Å². The third kappa shape index (κ3) is 2.11. The lowest BCUT2D eigenvalue weighted by Gasteiger charge is -2.44. The van der Waals surface area contributed by atoms with Crippen LogP contribution in [0.25, 0.3) is 0 Å². The first-order valence-electron chi connectivity index (χ1n) is 6.72. The molecule has 2 atom stereocenters. The van der Waals surface area contributed by atoms with Crippen molar-refractivity contribution in [3.8, 4) is 0 Å². The fourth-order valence-electron chi connectivity index (χ4n) is 2.81. The minimum Gasteiger partial charge on any atom is -0.480 e. The average molecular weight is 254 g/mol. The molecule has 2 N–H and O–H groups in total. The van der Waals surface area contributed by atoms with E-state index in [1.807, 2.05) is 6.92 Å². The Hall–Kier alpha value is -1.10. The highest BCUT2D eigenvalue weighted by atomic mass is 16.4. The van der Waals surface area contributed by atoms with Crippen LogP contribution in [0.15, 0.2) is 0 Å². The van der Waals surface area contributed by atoms with Crippen LogP contribution in [0.4, 0.5) is 0 Å². The highest BCUT2D eigenvalue weighted by molar-refractivity contribution is 5.88. The van der Waals surface area contributed by atoms with Crippen LogP contribution >= 0.6 is 0 Å². The molecule has 2 aliphatic heterocycles. The van der Waals surface area contributed by atoms with E-state index >= 15 is 0 Å². The van der Waals surface area contributed by atoms with Gasteiger partial charge in [0.15, 0.2) is 0 Å². The number of carboxylic acid groups (broad SMARTS) is 1. The molecule has 2 unspecified atom stereocenters. The number of hydrogen-bond donors (Lipinski definition) is 2. The largest absolute Gasteiger partial charge is 0.480 e. The summed E-state index contributed by atoms with van der Waals surface area (Å²) in [6.45, 7) is 5.91. The van der Waals surface area contributed by atoms with E-state index in [1.165, 1.54) is 0 Å². The van der Waals surface area contributed by atoms with Crippen LogP contribution in [0.3, 0.4) is 0 Å². The van der Waals surface area contributed by atoms with E-state index < -0.39 is 11.5 Å². The lowest BCUT2D eigenvalue weighted by molar-refractivity contribution is -0.163. The molecule has 2 fully saturated rings. The first-order valence-corrected chi connectivity index (χ1v) is 6.72. The number of carbonyl (C=O) groups is 2. The summed E-state index contributed by atoms with van der Waals surface area (Å²) in [5.41, 5.74) is -1.01. The fourth-order valence-corrected chi connectivity index (χ4v) is 2.81. The highest BCUT2D eigenvalue weighted by Gasteiger charge is 2.46. The summed E-state index contributed by atoms with van der Waals surface area (Å²) in [7, 11) is 0. The average Bonchev–Trinajstić information content (AvgIpc) is 2.26. The van der Waals surface area contributed by atoms with Gasteiger partial charge < -0.3 is 15.3 Å². The van der Waals surface area contributed by atoms with E-state index in [0.29, 0.717) is 18.9 Å². The summed E-state index contributed by atoms with van der Waals surface area (Å²) >= 11 is 0. The van der Waals surface area contributed by atoms with Crippen LogP contribution in [0.2, 0.25) is 0 Å². The van der Waals surface area contributed by atoms with E-state index in [0.717, 1.165) is 25.9 Å². The molecule has 2 saturated heterocycles. The number of nitrogens with zero attached hydrogens (tertiary/aromatic N) is 1. The van der Waals surface area contributed by atoms with Crippen molar-refractivity contribution in [3.63, 3.8) is 0 Å². The highest BCUT2D eigenvalue weighted by Crippen LogP contribution is 2.31. The Morgan fingerprint density at radius 3 is 2.56 bits per heavy atom. The van der Waals surface area contributed by atoms with Gasteiger partial charge in [0.1, 0.15) is 5.54 Å². The third-order valence-electron chi connectivity index (χ3n) is 4.53. The predicted octanol–water partition coefficient (Wildman–Crippen LogP) is 0.698. The molecule has 0 saturated carbocycles. The summed E-state index contributed by atoms with van der Waals surface area (Å²) in [5, 5.41) is 12.6. The predicted molar refractivity (Wildman–Crippen MR) is 67.1 cm³/mol. The molecule has 102 valence electrons. The van der Waals surface area contributed by atoms with Crippen LogP contribution in [0.5, 0.6) is 0 Å². The Labute approximate surface area is 108 Å². The number of nitrogens with one attached hydrogen (secondary N) is 1. The maximum Gasteiger partial charge on any atom is 0.329 e. The molecule has 0 aromatic carbocycles. The number of hydrogen-bond acceptors (Lipinski definition) is 3. The Morgan fingerprint density at radius 1 is 1.39 bits per heavy atom. The maximum atomic E-state index is 12.5. The van der Waals surface area contributed by atoms with Crippen molar-refractivity contribution in [2.45, 2.75) is 38.6 Å². The maximum absolute atomic E-state index is 12.5. The number of aliphatic carboxylic acids is 1. The summed E-state index contributed by atoms with van der Waals surface area (Å²) < 4.78 is 0. The van der Waals surface area contributed by atoms with Gasteiger partial charge in [-0.1, -0.05) is 6.92 Å². The number of amides is 1. The van der Waals surface area contributed by atoms with Crippen molar-refractivity contribution >= 4 is 11.9 Å². The van der Waals surface area contributed by atoms with Crippen LogP contribution < -0.4 is 5.32 Å². The molecule has 0 aromatic heterocycles. The van der Waals surface area contributed by atoms with E-state index in [2.05, 4.69) is 5.32 Å². The van der Waals surface area contributed by atoms with Crippen molar-refractivity contribution < 1.29 is 14.7 Å². The molecule has 18 heavy (non-hydrogen) atoms. The molecule has 0 radical (unpaired) electrons. The molecule has 2 aliphatic rings. The topological polar surface area (TPSA) is 69.6 Å². The fraction of sp³-hybridized carbons (Fsp3) is 0.846. The molecular formula is C13H22N2O3. The minimum atomic E-state index is -1.01. The smallest absolute Gasteiger partial charge is 0.329 e. The molecule has 2 heterocycles. The lowest BCUT2D eigenvalue weighted by atomic mass is 9.83. The van der Waals surface area contributed by atoms with Crippen molar-refractivity contribution in [2.24, 2.45) is 11.8 Å². The van der Waals surface area contributed by atoms with Gasteiger partial charge in [0.05, 0.1) is 0 Å². The first-order chi connectivity index (χ1) is 8.47. The van der Waals surface area contributed by atoms with E-state index in [4.69, 9.17) is 0 Å². The molecule has 1 amide bonds. The molecule has 5 heteroatoms. The number of carboxylic acids is 1. The van der Waals surface area contributed by atoms with Gasteiger partial charge in [0.2, 0.25) is 5.91 Å².